The molecule has 0 aliphatic rings. The Labute approximate surface area is 160 Å². The first kappa shape index (κ1) is 20.0. The Balaban J connectivity index is 2.21. The SMILES string of the molecule is CC(C)C[C@H](Nc1cscc1-c1ccc(C(C)C)cc1)C(=O)NCC#N. The number of rotatable bonds is 8. The van der Waals surface area contributed by atoms with Gasteiger partial charge in [0.05, 0.1) is 11.8 Å². The van der Waals surface area contributed by atoms with Gasteiger partial charge in [-0.25, -0.2) is 0 Å². The Bertz CT molecular complexity index is 756. The predicted molar refractivity (Wildman–Crippen MR) is 109 cm³/mol. The van der Waals surface area contributed by atoms with Crippen LogP contribution in [0.5, 0.6) is 0 Å². The van der Waals surface area contributed by atoms with Gasteiger partial charge in [-0.15, -0.1) is 11.3 Å². The van der Waals surface area contributed by atoms with Crippen molar-refractivity contribution in [1.29, 1.82) is 5.26 Å². The third-order valence-electron chi connectivity index (χ3n) is 4.25. The summed E-state index contributed by atoms with van der Waals surface area (Å²) < 4.78 is 0. The van der Waals surface area contributed by atoms with E-state index in [4.69, 9.17) is 5.26 Å². The van der Waals surface area contributed by atoms with Gasteiger partial charge >= 0.3 is 0 Å². The topological polar surface area (TPSA) is 64.9 Å². The molecule has 0 saturated carbocycles. The van der Waals surface area contributed by atoms with Gasteiger partial charge in [0.15, 0.2) is 0 Å². The zero-order valence-electron chi connectivity index (χ0n) is 15.9. The lowest BCUT2D eigenvalue weighted by atomic mass is 9.99. The molecule has 0 aliphatic carbocycles. The van der Waals surface area contributed by atoms with Gasteiger partial charge in [-0.05, 0) is 29.4 Å². The van der Waals surface area contributed by atoms with Crippen LogP contribution in [-0.4, -0.2) is 18.5 Å². The van der Waals surface area contributed by atoms with Gasteiger partial charge in [0.2, 0.25) is 5.91 Å². The second-order valence-corrected chi connectivity index (χ2v) is 7.92. The van der Waals surface area contributed by atoms with Crippen molar-refractivity contribution in [2.45, 2.75) is 46.1 Å². The second-order valence-electron chi connectivity index (χ2n) is 7.18. The van der Waals surface area contributed by atoms with Gasteiger partial charge in [-0.3, -0.25) is 4.79 Å². The quantitative estimate of drug-likeness (QED) is 0.643. The Hall–Kier alpha value is -2.32. The molecule has 0 radical (unpaired) electrons. The number of carbonyl (C=O) groups is 1. The standard InChI is InChI=1S/C21H27N3OS/c1-14(2)11-19(21(25)23-10-9-22)24-20-13-26-12-18(20)17-7-5-16(6-8-17)15(3)4/h5-8,12-15,19,24H,10-11H2,1-4H3,(H,23,25)/t19-/m0/s1. The minimum atomic E-state index is -0.355. The lowest BCUT2D eigenvalue weighted by Gasteiger charge is -2.21. The Morgan fingerprint density at radius 2 is 1.85 bits per heavy atom. The van der Waals surface area contributed by atoms with Gasteiger partial charge < -0.3 is 10.6 Å². The number of hydrogen-bond acceptors (Lipinski definition) is 4. The maximum absolute atomic E-state index is 12.4. The van der Waals surface area contributed by atoms with Gasteiger partial charge in [-0.1, -0.05) is 52.0 Å². The van der Waals surface area contributed by atoms with Crippen molar-refractivity contribution in [3.63, 3.8) is 0 Å². The molecular formula is C21H27N3OS. The van der Waals surface area contributed by atoms with Crippen LogP contribution in [0.1, 0.15) is 45.6 Å². The fourth-order valence-electron chi connectivity index (χ4n) is 2.82. The highest BCUT2D eigenvalue weighted by Gasteiger charge is 2.21. The number of nitrogens with one attached hydrogen (secondary N) is 2. The molecule has 0 spiro atoms. The van der Waals surface area contributed by atoms with Crippen LogP contribution in [0, 0.1) is 17.2 Å². The van der Waals surface area contributed by atoms with Crippen LogP contribution in [0.2, 0.25) is 0 Å². The molecule has 1 heterocycles. The Kier molecular flexibility index (Phi) is 7.23. The minimum Gasteiger partial charge on any atom is -0.372 e. The van der Waals surface area contributed by atoms with Crippen LogP contribution in [0.4, 0.5) is 5.69 Å². The zero-order valence-corrected chi connectivity index (χ0v) is 16.7. The van der Waals surface area contributed by atoms with E-state index in [1.54, 1.807) is 11.3 Å². The van der Waals surface area contributed by atoms with E-state index in [0.717, 1.165) is 16.8 Å². The maximum atomic E-state index is 12.4. The van der Waals surface area contributed by atoms with Crippen molar-refractivity contribution in [2.24, 2.45) is 5.92 Å². The molecule has 1 amide bonds. The number of anilines is 1. The first-order valence-corrected chi connectivity index (χ1v) is 9.94. The summed E-state index contributed by atoms with van der Waals surface area (Å²) >= 11 is 1.62. The molecule has 2 rings (SSSR count). The average molecular weight is 370 g/mol. The van der Waals surface area contributed by atoms with E-state index < -0.39 is 0 Å². The first-order chi connectivity index (χ1) is 12.4. The van der Waals surface area contributed by atoms with Crippen LogP contribution >= 0.6 is 11.3 Å². The first-order valence-electron chi connectivity index (χ1n) is 9.00. The Morgan fingerprint density at radius 1 is 1.15 bits per heavy atom. The molecule has 0 bridgehead atoms. The number of amides is 1. The fourth-order valence-corrected chi connectivity index (χ4v) is 3.62. The normalized spacial score (nSPS) is 12.0. The molecule has 1 aromatic carbocycles. The molecule has 138 valence electrons. The maximum Gasteiger partial charge on any atom is 0.243 e. The molecule has 2 N–H and O–H groups in total. The summed E-state index contributed by atoms with van der Waals surface area (Å²) in [5, 5.41) is 18.9. The van der Waals surface area contributed by atoms with Crippen molar-refractivity contribution in [1.82, 2.24) is 5.32 Å². The van der Waals surface area contributed by atoms with Crippen LogP contribution in [0.15, 0.2) is 35.0 Å². The Morgan fingerprint density at radius 3 is 2.42 bits per heavy atom. The number of thiophene rings is 1. The third-order valence-corrected chi connectivity index (χ3v) is 4.99. The summed E-state index contributed by atoms with van der Waals surface area (Å²) in [6, 6.07) is 10.2. The third kappa shape index (κ3) is 5.34. The number of nitrogens with zero attached hydrogens (tertiary/aromatic N) is 1. The molecule has 0 fully saturated rings. The number of hydrogen-bond donors (Lipinski definition) is 2. The highest BCUT2D eigenvalue weighted by molar-refractivity contribution is 7.08. The van der Waals surface area contributed by atoms with Crippen LogP contribution in [-0.2, 0) is 4.79 Å². The van der Waals surface area contributed by atoms with E-state index in [1.807, 2.05) is 11.4 Å². The molecule has 0 saturated heterocycles. The van der Waals surface area contributed by atoms with Crippen molar-refractivity contribution in [2.75, 3.05) is 11.9 Å². The van der Waals surface area contributed by atoms with Crippen molar-refractivity contribution in [3.8, 4) is 17.2 Å². The molecule has 5 heteroatoms. The smallest absolute Gasteiger partial charge is 0.243 e. The summed E-state index contributed by atoms with van der Waals surface area (Å²) in [5.74, 6) is 0.740. The summed E-state index contributed by atoms with van der Waals surface area (Å²) in [7, 11) is 0. The van der Waals surface area contributed by atoms with Gasteiger partial charge in [0.25, 0.3) is 0 Å². The molecular weight excluding hydrogens is 342 g/mol. The summed E-state index contributed by atoms with van der Waals surface area (Å²) in [6.45, 7) is 8.57. The number of benzene rings is 1. The number of nitriles is 1. The highest BCUT2D eigenvalue weighted by atomic mass is 32.1. The predicted octanol–water partition coefficient (Wildman–Crippen LogP) is 5.00. The number of carbonyl (C=O) groups excluding carboxylic acids is 1. The zero-order chi connectivity index (χ0) is 19.1. The summed E-state index contributed by atoms with van der Waals surface area (Å²) in [4.78, 5) is 12.4. The second kappa shape index (κ2) is 9.40. The van der Waals surface area contributed by atoms with Crippen molar-refractivity contribution < 1.29 is 4.79 Å². The molecule has 26 heavy (non-hydrogen) atoms. The van der Waals surface area contributed by atoms with Gasteiger partial charge in [0, 0.05) is 16.3 Å². The van der Waals surface area contributed by atoms with Gasteiger partial charge in [0.1, 0.15) is 12.6 Å². The van der Waals surface area contributed by atoms with E-state index in [-0.39, 0.29) is 18.5 Å². The molecule has 1 atom stereocenters. The monoisotopic (exact) mass is 369 g/mol. The van der Waals surface area contributed by atoms with Crippen LogP contribution in [0.3, 0.4) is 0 Å². The lowest BCUT2D eigenvalue weighted by molar-refractivity contribution is -0.121. The average Bonchev–Trinajstić information content (AvgIpc) is 3.07. The van der Waals surface area contributed by atoms with Crippen LogP contribution < -0.4 is 10.6 Å². The highest BCUT2D eigenvalue weighted by Crippen LogP contribution is 2.33. The fraction of sp³-hybridized carbons (Fsp3) is 0.429. The minimum absolute atomic E-state index is 0.0300. The van der Waals surface area contributed by atoms with E-state index in [0.29, 0.717) is 18.3 Å². The molecule has 0 aliphatic heterocycles. The molecule has 0 unspecified atom stereocenters. The van der Waals surface area contributed by atoms with Crippen LogP contribution in [0.25, 0.3) is 11.1 Å². The molecule has 2 aromatic rings. The van der Waals surface area contributed by atoms with E-state index in [2.05, 4.69) is 68.0 Å². The van der Waals surface area contributed by atoms with E-state index in [1.165, 1.54) is 5.56 Å². The van der Waals surface area contributed by atoms with Crippen molar-refractivity contribution in [3.05, 3.63) is 40.6 Å². The van der Waals surface area contributed by atoms with E-state index >= 15 is 0 Å². The largest absolute Gasteiger partial charge is 0.372 e. The molecule has 4 nitrogen and oxygen atoms in total. The summed E-state index contributed by atoms with van der Waals surface area (Å²) in [5.41, 5.74) is 4.52. The lowest BCUT2D eigenvalue weighted by Crippen LogP contribution is -2.40. The molecule has 1 aromatic heterocycles. The van der Waals surface area contributed by atoms with Gasteiger partial charge in [-0.2, -0.15) is 5.26 Å². The van der Waals surface area contributed by atoms with E-state index in [9.17, 15) is 4.79 Å². The van der Waals surface area contributed by atoms with Crippen molar-refractivity contribution >= 4 is 22.9 Å². The summed E-state index contributed by atoms with van der Waals surface area (Å²) in [6.07, 6.45) is 0.707.